The van der Waals surface area contributed by atoms with Gasteiger partial charge in [0, 0.05) is 42.0 Å². The van der Waals surface area contributed by atoms with E-state index in [1.165, 1.54) is 0 Å². The van der Waals surface area contributed by atoms with Crippen LogP contribution in [0.3, 0.4) is 0 Å². The van der Waals surface area contributed by atoms with E-state index in [9.17, 15) is 19.2 Å². The standard InChI is InChI=1S/C24H23BrN2O5/c1-32-18-5-2-15(3-6-18)22(29)16-8-11-26(12-9-16)21(28)10-13-27-23(30)19-7-4-17(25)14-20(19)24(27)31/h2-7,14,16H,8-13H2,1H3. The van der Waals surface area contributed by atoms with Gasteiger partial charge in [-0.1, -0.05) is 15.9 Å². The molecule has 32 heavy (non-hydrogen) atoms. The van der Waals surface area contributed by atoms with Crippen molar-refractivity contribution in [1.82, 2.24) is 9.80 Å². The molecule has 2 aromatic rings. The maximum Gasteiger partial charge on any atom is 0.261 e. The number of methoxy groups -OCH3 is 1. The average Bonchev–Trinajstić information content (AvgIpc) is 3.06. The van der Waals surface area contributed by atoms with Crippen molar-refractivity contribution < 1.29 is 23.9 Å². The second-order valence-electron chi connectivity index (χ2n) is 7.95. The van der Waals surface area contributed by atoms with Crippen molar-refractivity contribution in [1.29, 1.82) is 0 Å². The zero-order valence-corrected chi connectivity index (χ0v) is 19.3. The minimum Gasteiger partial charge on any atom is -0.497 e. The lowest BCUT2D eigenvalue weighted by atomic mass is 9.89. The molecule has 0 N–H and O–H groups in total. The first-order valence-electron chi connectivity index (χ1n) is 10.5. The number of benzene rings is 2. The van der Waals surface area contributed by atoms with Crippen LogP contribution in [0.1, 0.15) is 50.3 Å². The summed E-state index contributed by atoms with van der Waals surface area (Å²) in [7, 11) is 1.58. The number of ether oxygens (including phenoxy) is 1. The summed E-state index contributed by atoms with van der Waals surface area (Å²) < 4.78 is 5.85. The third-order valence-electron chi connectivity index (χ3n) is 6.08. The fourth-order valence-corrected chi connectivity index (χ4v) is 4.57. The number of carbonyl (C=O) groups is 4. The maximum atomic E-state index is 12.8. The zero-order valence-electron chi connectivity index (χ0n) is 17.7. The highest BCUT2D eigenvalue weighted by Gasteiger charge is 2.36. The summed E-state index contributed by atoms with van der Waals surface area (Å²) in [5.41, 5.74) is 1.37. The lowest BCUT2D eigenvalue weighted by Crippen LogP contribution is -2.42. The first-order chi connectivity index (χ1) is 15.4. The molecule has 0 aliphatic carbocycles. The van der Waals surface area contributed by atoms with Crippen molar-refractivity contribution in [3.63, 3.8) is 0 Å². The Morgan fingerprint density at radius 3 is 2.31 bits per heavy atom. The number of piperidine rings is 1. The molecule has 0 atom stereocenters. The molecule has 2 aliphatic heterocycles. The van der Waals surface area contributed by atoms with Crippen LogP contribution in [0.25, 0.3) is 0 Å². The van der Waals surface area contributed by atoms with Crippen LogP contribution < -0.4 is 4.74 Å². The van der Waals surface area contributed by atoms with Crippen LogP contribution in [-0.4, -0.2) is 60.0 Å². The number of hydrogen-bond acceptors (Lipinski definition) is 5. The molecule has 7 nitrogen and oxygen atoms in total. The normalized spacial score (nSPS) is 16.3. The van der Waals surface area contributed by atoms with Crippen LogP contribution in [0.2, 0.25) is 0 Å². The molecular formula is C24H23BrN2O5. The number of likely N-dealkylation sites (tertiary alicyclic amines) is 1. The fourth-order valence-electron chi connectivity index (χ4n) is 4.21. The van der Waals surface area contributed by atoms with Gasteiger partial charge in [-0.05, 0) is 55.3 Å². The number of hydrogen-bond donors (Lipinski definition) is 0. The molecule has 1 fully saturated rings. The van der Waals surface area contributed by atoms with E-state index < -0.39 is 0 Å². The Balaban J connectivity index is 1.29. The fraction of sp³-hybridized carbons (Fsp3) is 0.333. The third-order valence-corrected chi connectivity index (χ3v) is 6.57. The predicted octanol–water partition coefficient (Wildman–Crippen LogP) is 3.57. The van der Waals surface area contributed by atoms with Gasteiger partial charge in [0.05, 0.1) is 18.2 Å². The van der Waals surface area contributed by atoms with E-state index in [0.717, 1.165) is 9.37 Å². The van der Waals surface area contributed by atoms with Gasteiger partial charge in [0.25, 0.3) is 11.8 Å². The molecule has 2 aromatic carbocycles. The first kappa shape index (κ1) is 22.2. The van der Waals surface area contributed by atoms with Gasteiger partial charge in [0.1, 0.15) is 5.75 Å². The summed E-state index contributed by atoms with van der Waals surface area (Å²) in [4.78, 5) is 53.4. The number of amides is 3. The summed E-state index contributed by atoms with van der Waals surface area (Å²) >= 11 is 3.31. The Kier molecular flexibility index (Phi) is 6.41. The Morgan fingerprint density at radius 1 is 1.00 bits per heavy atom. The van der Waals surface area contributed by atoms with Crippen molar-refractivity contribution in [2.75, 3.05) is 26.7 Å². The van der Waals surface area contributed by atoms with Crippen LogP contribution in [-0.2, 0) is 4.79 Å². The number of ketones is 1. The van der Waals surface area contributed by atoms with Crippen LogP contribution in [0.4, 0.5) is 0 Å². The number of nitrogens with zero attached hydrogens (tertiary/aromatic N) is 2. The molecule has 0 saturated carbocycles. The van der Waals surface area contributed by atoms with Crippen LogP contribution in [0, 0.1) is 5.92 Å². The van der Waals surface area contributed by atoms with E-state index >= 15 is 0 Å². The Bertz CT molecular complexity index is 1070. The molecule has 0 radical (unpaired) electrons. The van der Waals surface area contributed by atoms with Crippen molar-refractivity contribution in [3.05, 3.63) is 63.6 Å². The van der Waals surface area contributed by atoms with E-state index in [2.05, 4.69) is 15.9 Å². The second kappa shape index (κ2) is 9.24. The average molecular weight is 499 g/mol. The van der Waals surface area contributed by atoms with Crippen molar-refractivity contribution in [2.24, 2.45) is 5.92 Å². The molecule has 2 heterocycles. The molecule has 4 rings (SSSR count). The maximum absolute atomic E-state index is 12.8. The van der Waals surface area contributed by atoms with E-state index in [0.29, 0.717) is 48.4 Å². The highest BCUT2D eigenvalue weighted by atomic mass is 79.9. The molecule has 0 unspecified atom stereocenters. The first-order valence-corrected chi connectivity index (χ1v) is 11.3. The van der Waals surface area contributed by atoms with Crippen molar-refractivity contribution in [2.45, 2.75) is 19.3 Å². The lowest BCUT2D eigenvalue weighted by Gasteiger charge is -2.31. The molecule has 1 saturated heterocycles. The van der Waals surface area contributed by atoms with E-state index in [1.54, 1.807) is 54.5 Å². The van der Waals surface area contributed by atoms with Gasteiger partial charge in [-0.2, -0.15) is 0 Å². The summed E-state index contributed by atoms with van der Waals surface area (Å²) in [6.45, 7) is 1.02. The second-order valence-corrected chi connectivity index (χ2v) is 8.87. The van der Waals surface area contributed by atoms with Crippen molar-refractivity contribution in [3.8, 4) is 5.75 Å². The summed E-state index contributed by atoms with van der Waals surface area (Å²) in [5, 5.41) is 0. The minimum absolute atomic E-state index is 0.0491. The monoisotopic (exact) mass is 498 g/mol. The largest absolute Gasteiger partial charge is 0.497 e. The third kappa shape index (κ3) is 4.32. The van der Waals surface area contributed by atoms with Crippen molar-refractivity contribution >= 4 is 39.4 Å². The summed E-state index contributed by atoms with van der Waals surface area (Å²) in [6, 6.07) is 12.0. The van der Waals surface area contributed by atoms with Gasteiger partial charge < -0.3 is 9.64 Å². The molecular weight excluding hydrogens is 476 g/mol. The Labute approximate surface area is 194 Å². The van der Waals surface area contributed by atoms with Gasteiger partial charge >= 0.3 is 0 Å². The highest BCUT2D eigenvalue weighted by molar-refractivity contribution is 9.10. The van der Waals surface area contributed by atoms with Crippen LogP contribution in [0.15, 0.2) is 46.9 Å². The van der Waals surface area contributed by atoms with E-state index in [4.69, 9.17) is 4.74 Å². The molecule has 2 aliphatic rings. The number of imide groups is 1. The lowest BCUT2D eigenvalue weighted by molar-refractivity contribution is -0.132. The number of Topliss-reactive ketones (excluding diaryl/α,β-unsaturated/α-hetero) is 1. The summed E-state index contributed by atoms with van der Waals surface area (Å²) in [6.07, 6.45) is 1.26. The number of carbonyl (C=O) groups excluding carboxylic acids is 4. The number of halogens is 1. The van der Waals surface area contributed by atoms with Crippen LogP contribution in [0.5, 0.6) is 5.75 Å². The number of rotatable bonds is 6. The van der Waals surface area contributed by atoms with Gasteiger partial charge in [0.2, 0.25) is 5.91 Å². The Morgan fingerprint density at radius 2 is 1.66 bits per heavy atom. The minimum atomic E-state index is -0.372. The predicted molar refractivity (Wildman–Crippen MR) is 121 cm³/mol. The SMILES string of the molecule is COc1ccc(C(=O)C2CCN(C(=O)CCN3C(=O)c4ccc(Br)cc4C3=O)CC2)cc1. The van der Waals surface area contributed by atoms with Gasteiger partial charge in [-0.3, -0.25) is 24.1 Å². The highest BCUT2D eigenvalue weighted by Crippen LogP contribution is 2.27. The van der Waals surface area contributed by atoms with E-state index in [-0.39, 0.29) is 42.4 Å². The van der Waals surface area contributed by atoms with Gasteiger partial charge in [-0.15, -0.1) is 0 Å². The molecule has 0 aromatic heterocycles. The molecule has 0 bridgehead atoms. The topological polar surface area (TPSA) is 84.0 Å². The Hall–Kier alpha value is -3.00. The van der Waals surface area contributed by atoms with Gasteiger partial charge in [-0.25, -0.2) is 0 Å². The quantitative estimate of drug-likeness (QED) is 0.449. The van der Waals surface area contributed by atoms with Gasteiger partial charge in [0.15, 0.2) is 5.78 Å². The molecule has 0 spiro atoms. The summed E-state index contributed by atoms with van der Waals surface area (Å²) in [5.74, 6) is -0.193. The molecule has 166 valence electrons. The molecule has 3 amide bonds. The smallest absolute Gasteiger partial charge is 0.261 e. The number of fused-ring (bicyclic) bond motifs is 1. The molecule has 8 heteroatoms. The van der Waals surface area contributed by atoms with E-state index in [1.807, 2.05) is 0 Å². The zero-order chi connectivity index (χ0) is 22.8. The van der Waals surface area contributed by atoms with Crippen LogP contribution >= 0.6 is 15.9 Å².